The number of nitriles is 1. The summed E-state index contributed by atoms with van der Waals surface area (Å²) in [6.45, 7) is 2.35. The van der Waals surface area contributed by atoms with Gasteiger partial charge in [-0.25, -0.2) is 9.78 Å². The van der Waals surface area contributed by atoms with Gasteiger partial charge in [0.1, 0.15) is 11.6 Å². The minimum Gasteiger partial charge on any atom is -0.387 e. The molecule has 0 aliphatic carbocycles. The Morgan fingerprint density at radius 3 is 2.65 bits per heavy atom. The van der Waals surface area contributed by atoms with Crippen LogP contribution in [0.25, 0.3) is 0 Å². The molecule has 1 aromatic carbocycles. The summed E-state index contributed by atoms with van der Waals surface area (Å²) in [7, 11) is 0. The van der Waals surface area contributed by atoms with Gasteiger partial charge in [-0.15, -0.1) is 0 Å². The predicted octanol–water partition coefficient (Wildman–Crippen LogP) is 2.08. The van der Waals surface area contributed by atoms with Crippen LogP contribution in [0.15, 0.2) is 54.1 Å². The molecule has 4 N–H and O–H groups in total. The molecule has 0 bridgehead atoms. The fraction of sp³-hybridized carbons (Fsp3) is 0.222. The average molecular weight is 352 g/mol. The summed E-state index contributed by atoms with van der Waals surface area (Å²) in [6.07, 6.45) is 4.42. The number of urea groups is 1. The van der Waals surface area contributed by atoms with Crippen molar-refractivity contribution in [3.05, 3.63) is 59.8 Å². The number of allylic oxidation sites excluding steroid dienone is 1. The van der Waals surface area contributed by atoms with E-state index in [1.54, 1.807) is 36.8 Å². The first-order valence-corrected chi connectivity index (χ1v) is 8.15. The molecule has 2 rings (SSSR count). The third-order valence-electron chi connectivity index (χ3n) is 3.54. The van der Waals surface area contributed by atoms with Crippen molar-refractivity contribution in [3.63, 3.8) is 0 Å². The molecular weight excluding hydrogens is 332 g/mol. The summed E-state index contributed by atoms with van der Waals surface area (Å²) in [5.41, 5.74) is 1.86. The van der Waals surface area contributed by atoms with Crippen LogP contribution < -0.4 is 16.0 Å². The molecule has 0 unspecified atom stereocenters. The zero-order valence-corrected chi connectivity index (χ0v) is 14.4. The highest BCUT2D eigenvalue weighted by molar-refractivity contribution is 6.09. The van der Waals surface area contributed by atoms with Gasteiger partial charge in [0, 0.05) is 36.2 Å². The third-order valence-corrected chi connectivity index (χ3v) is 3.54. The topological polar surface area (TPSA) is 123 Å². The number of nitrogens with zero attached hydrogens (tertiary/aromatic N) is 2. The molecule has 8 heteroatoms. The number of rotatable bonds is 7. The molecule has 0 aliphatic rings. The van der Waals surface area contributed by atoms with Gasteiger partial charge in [-0.1, -0.05) is 25.1 Å². The van der Waals surface area contributed by atoms with Crippen LogP contribution in [0.5, 0.6) is 0 Å². The quantitative estimate of drug-likeness (QED) is 0.449. The van der Waals surface area contributed by atoms with Crippen LogP contribution in [0, 0.1) is 11.3 Å². The highest BCUT2D eigenvalue weighted by Gasteiger charge is 2.17. The minimum absolute atomic E-state index is 0.111. The number of anilines is 1. The van der Waals surface area contributed by atoms with Gasteiger partial charge in [-0.3, -0.25) is 10.1 Å². The van der Waals surface area contributed by atoms with E-state index >= 15 is 0 Å². The number of carbonyl (C=O) groups is 2. The number of hydrogen-bond acceptors (Lipinski definition) is 5. The number of aromatic amines is 1. The normalized spacial score (nSPS) is 11.1. The van der Waals surface area contributed by atoms with E-state index in [4.69, 9.17) is 0 Å². The lowest BCUT2D eigenvalue weighted by Crippen LogP contribution is -2.36. The molecule has 0 fully saturated rings. The van der Waals surface area contributed by atoms with E-state index in [-0.39, 0.29) is 5.57 Å². The Morgan fingerprint density at radius 2 is 2.04 bits per heavy atom. The summed E-state index contributed by atoms with van der Waals surface area (Å²) in [4.78, 5) is 31.1. The van der Waals surface area contributed by atoms with Crippen LogP contribution in [0.2, 0.25) is 0 Å². The van der Waals surface area contributed by atoms with Gasteiger partial charge in [-0.05, 0) is 18.6 Å². The Hall–Kier alpha value is -3.60. The Bertz CT molecular complexity index is 806. The van der Waals surface area contributed by atoms with E-state index in [2.05, 4.69) is 25.9 Å². The lowest BCUT2D eigenvalue weighted by Gasteiger charge is -2.12. The first-order chi connectivity index (χ1) is 12.6. The Kier molecular flexibility index (Phi) is 6.94. The van der Waals surface area contributed by atoms with Gasteiger partial charge in [0.05, 0.1) is 6.33 Å². The number of carbonyl (C=O) groups excluding carboxylic acids is 2. The molecule has 3 amide bonds. The molecule has 26 heavy (non-hydrogen) atoms. The highest BCUT2D eigenvalue weighted by atomic mass is 16.2. The lowest BCUT2D eigenvalue weighted by atomic mass is 10.1. The number of aromatic nitrogens is 2. The van der Waals surface area contributed by atoms with Crippen molar-refractivity contribution in [2.24, 2.45) is 0 Å². The van der Waals surface area contributed by atoms with Gasteiger partial charge < -0.3 is 15.6 Å². The number of imide groups is 1. The summed E-state index contributed by atoms with van der Waals surface area (Å²) >= 11 is 0. The summed E-state index contributed by atoms with van der Waals surface area (Å²) < 4.78 is 0. The molecule has 0 spiro atoms. The maximum atomic E-state index is 12.3. The fourth-order valence-electron chi connectivity index (χ4n) is 2.26. The monoisotopic (exact) mass is 352 g/mol. The smallest absolute Gasteiger partial charge is 0.326 e. The van der Waals surface area contributed by atoms with E-state index < -0.39 is 11.9 Å². The van der Waals surface area contributed by atoms with Crippen molar-refractivity contribution in [2.75, 3.05) is 11.9 Å². The molecule has 0 saturated heterocycles. The molecule has 8 nitrogen and oxygen atoms in total. The van der Waals surface area contributed by atoms with E-state index in [0.717, 1.165) is 5.69 Å². The first kappa shape index (κ1) is 18.7. The number of H-pyrrole nitrogens is 1. The van der Waals surface area contributed by atoms with Crippen LogP contribution >= 0.6 is 0 Å². The van der Waals surface area contributed by atoms with E-state index in [0.29, 0.717) is 30.8 Å². The number of amides is 3. The molecule has 1 heterocycles. The van der Waals surface area contributed by atoms with Crippen molar-refractivity contribution in [2.45, 2.75) is 19.8 Å². The Morgan fingerprint density at radius 1 is 1.27 bits per heavy atom. The summed E-state index contributed by atoms with van der Waals surface area (Å²) in [5, 5.41) is 17.1. The predicted molar refractivity (Wildman–Crippen MR) is 96.8 cm³/mol. The maximum Gasteiger partial charge on any atom is 0.326 e. The standard InChI is InChI=1S/C18H20N6O2/c1-2-16(21-9-8-14-11-20-12-22-14)15(10-19)17(25)24-18(26)23-13-6-4-3-5-7-13/h3-7,11-12,21H,2,8-9H2,1H3,(H,20,22)(H2,23,24,25,26)/b16-15-. The van der Waals surface area contributed by atoms with Crippen LogP contribution in [0.3, 0.4) is 0 Å². The van der Waals surface area contributed by atoms with Crippen LogP contribution in [0.1, 0.15) is 19.0 Å². The molecule has 134 valence electrons. The molecule has 0 aliphatic heterocycles. The van der Waals surface area contributed by atoms with Crippen molar-refractivity contribution in [3.8, 4) is 6.07 Å². The molecule has 0 saturated carbocycles. The molecule has 0 radical (unpaired) electrons. The van der Waals surface area contributed by atoms with Gasteiger partial charge in [0.25, 0.3) is 5.91 Å². The van der Waals surface area contributed by atoms with Crippen molar-refractivity contribution < 1.29 is 9.59 Å². The largest absolute Gasteiger partial charge is 0.387 e. The Balaban J connectivity index is 1.96. The lowest BCUT2D eigenvalue weighted by molar-refractivity contribution is -0.116. The maximum absolute atomic E-state index is 12.3. The van der Waals surface area contributed by atoms with Crippen molar-refractivity contribution >= 4 is 17.6 Å². The van der Waals surface area contributed by atoms with Gasteiger partial charge >= 0.3 is 6.03 Å². The SMILES string of the molecule is CC/C(NCCc1cnc[nH]1)=C(\C#N)C(=O)NC(=O)Nc1ccccc1. The third kappa shape index (κ3) is 5.49. The summed E-state index contributed by atoms with van der Waals surface area (Å²) in [5.74, 6) is -0.744. The number of benzene rings is 1. The van der Waals surface area contributed by atoms with Crippen LogP contribution in [-0.4, -0.2) is 28.5 Å². The number of hydrogen-bond donors (Lipinski definition) is 4. The second-order valence-corrected chi connectivity index (χ2v) is 5.35. The second-order valence-electron chi connectivity index (χ2n) is 5.35. The zero-order valence-electron chi connectivity index (χ0n) is 14.4. The van der Waals surface area contributed by atoms with Crippen LogP contribution in [0.4, 0.5) is 10.5 Å². The van der Waals surface area contributed by atoms with Gasteiger partial charge in [0.15, 0.2) is 0 Å². The van der Waals surface area contributed by atoms with E-state index in [1.807, 2.05) is 19.1 Å². The zero-order chi connectivity index (χ0) is 18.8. The van der Waals surface area contributed by atoms with Crippen molar-refractivity contribution in [1.29, 1.82) is 5.26 Å². The molecule has 1 aromatic heterocycles. The number of nitrogens with one attached hydrogen (secondary N) is 4. The molecular formula is C18H20N6O2. The summed E-state index contributed by atoms with van der Waals surface area (Å²) in [6, 6.07) is 9.90. The highest BCUT2D eigenvalue weighted by Crippen LogP contribution is 2.07. The van der Waals surface area contributed by atoms with Crippen molar-refractivity contribution in [1.82, 2.24) is 20.6 Å². The van der Waals surface area contributed by atoms with Gasteiger partial charge in [0.2, 0.25) is 0 Å². The first-order valence-electron chi connectivity index (χ1n) is 8.15. The van der Waals surface area contributed by atoms with E-state index in [1.165, 1.54) is 0 Å². The fourth-order valence-corrected chi connectivity index (χ4v) is 2.26. The molecule has 0 atom stereocenters. The Labute approximate surface area is 151 Å². The molecule has 2 aromatic rings. The number of para-hydroxylation sites is 1. The average Bonchev–Trinajstić information content (AvgIpc) is 3.15. The van der Waals surface area contributed by atoms with Crippen LogP contribution in [-0.2, 0) is 11.2 Å². The minimum atomic E-state index is -0.744. The van der Waals surface area contributed by atoms with Gasteiger partial charge in [-0.2, -0.15) is 5.26 Å². The second kappa shape index (κ2) is 9.64. The van der Waals surface area contributed by atoms with E-state index in [9.17, 15) is 14.9 Å². The number of imidazole rings is 1.